The fourth-order valence-corrected chi connectivity index (χ4v) is 1.40. The third-order valence-corrected chi connectivity index (χ3v) is 2.41. The van der Waals surface area contributed by atoms with E-state index >= 15 is 0 Å². The summed E-state index contributed by atoms with van der Waals surface area (Å²) in [5, 5.41) is 3.57. The summed E-state index contributed by atoms with van der Waals surface area (Å²) in [4.78, 5) is 11.6. The standard InChI is InChI=1S/C11H8BrNO3/c1-7-6-10(13-16-7)15-11(14)8-2-4-9(12)5-3-8/h2-6H,1H3. The molecule has 1 aromatic heterocycles. The quantitative estimate of drug-likeness (QED) is 0.794. The number of nitrogens with zero attached hydrogens (tertiary/aromatic N) is 1. The smallest absolute Gasteiger partial charge is 0.344 e. The van der Waals surface area contributed by atoms with Gasteiger partial charge < -0.3 is 9.26 Å². The zero-order valence-electron chi connectivity index (χ0n) is 8.44. The van der Waals surface area contributed by atoms with Crippen molar-refractivity contribution in [2.45, 2.75) is 6.92 Å². The highest BCUT2D eigenvalue weighted by Gasteiger charge is 2.10. The molecule has 0 spiro atoms. The van der Waals surface area contributed by atoms with E-state index in [0.717, 1.165) is 4.47 Å². The number of hydrogen-bond donors (Lipinski definition) is 0. The van der Waals surface area contributed by atoms with Crippen LogP contribution in [0.15, 0.2) is 39.3 Å². The maximum absolute atomic E-state index is 11.6. The van der Waals surface area contributed by atoms with Gasteiger partial charge >= 0.3 is 5.97 Å². The van der Waals surface area contributed by atoms with E-state index in [9.17, 15) is 4.79 Å². The number of esters is 1. The predicted octanol–water partition coefficient (Wildman–Crippen LogP) is 2.96. The van der Waals surface area contributed by atoms with Gasteiger partial charge in [-0.15, -0.1) is 0 Å². The normalized spacial score (nSPS) is 10.1. The number of halogens is 1. The van der Waals surface area contributed by atoms with Crippen LogP contribution in [0.1, 0.15) is 16.1 Å². The van der Waals surface area contributed by atoms with Crippen molar-refractivity contribution in [2.75, 3.05) is 0 Å². The van der Waals surface area contributed by atoms with Gasteiger partial charge in [0.15, 0.2) is 0 Å². The largest absolute Gasteiger partial charge is 0.400 e. The lowest BCUT2D eigenvalue weighted by atomic mass is 10.2. The Morgan fingerprint density at radius 3 is 2.62 bits per heavy atom. The number of aryl methyl sites for hydroxylation is 1. The molecular formula is C11H8BrNO3. The molecule has 0 fully saturated rings. The topological polar surface area (TPSA) is 52.3 Å². The Hall–Kier alpha value is -1.62. The number of hydrogen-bond acceptors (Lipinski definition) is 4. The highest BCUT2D eigenvalue weighted by atomic mass is 79.9. The molecule has 1 heterocycles. The van der Waals surface area contributed by atoms with Gasteiger partial charge in [0.05, 0.1) is 5.56 Å². The van der Waals surface area contributed by atoms with Crippen molar-refractivity contribution in [2.24, 2.45) is 0 Å². The first kappa shape index (κ1) is 10.9. The third-order valence-electron chi connectivity index (χ3n) is 1.88. The van der Waals surface area contributed by atoms with Crippen LogP contribution in [0.25, 0.3) is 0 Å². The van der Waals surface area contributed by atoms with Gasteiger partial charge in [0.1, 0.15) is 5.76 Å². The predicted molar refractivity (Wildman–Crippen MR) is 60.3 cm³/mol. The minimum atomic E-state index is -0.458. The molecule has 0 bridgehead atoms. The molecule has 0 aliphatic rings. The summed E-state index contributed by atoms with van der Waals surface area (Å²) < 4.78 is 10.7. The van der Waals surface area contributed by atoms with Crippen LogP contribution in [0.4, 0.5) is 0 Å². The van der Waals surface area contributed by atoms with Gasteiger partial charge in [-0.2, -0.15) is 0 Å². The number of carbonyl (C=O) groups excluding carboxylic acids is 1. The molecule has 2 rings (SSSR count). The average Bonchev–Trinajstić information content (AvgIpc) is 2.65. The lowest BCUT2D eigenvalue weighted by molar-refractivity contribution is 0.0721. The Kier molecular flexibility index (Phi) is 3.05. The lowest BCUT2D eigenvalue weighted by Crippen LogP contribution is -2.08. The zero-order chi connectivity index (χ0) is 11.5. The number of rotatable bonds is 2. The van der Waals surface area contributed by atoms with Crippen LogP contribution >= 0.6 is 15.9 Å². The van der Waals surface area contributed by atoms with Crippen molar-refractivity contribution in [1.29, 1.82) is 0 Å². The first-order valence-electron chi connectivity index (χ1n) is 4.56. The van der Waals surface area contributed by atoms with Crippen molar-refractivity contribution in [3.8, 4) is 5.88 Å². The molecule has 82 valence electrons. The van der Waals surface area contributed by atoms with Gasteiger partial charge in [0.25, 0.3) is 5.88 Å². The third kappa shape index (κ3) is 2.49. The molecule has 0 unspecified atom stereocenters. The first-order chi connectivity index (χ1) is 7.65. The van der Waals surface area contributed by atoms with E-state index in [-0.39, 0.29) is 5.88 Å². The van der Waals surface area contributed by atoms with E-state index in [0.29, 0.717) is 11.3 Å². The molecule has 2 aromatic rings. The number of benzene rings is 1. The number of carbonyl (C=O) groups is 1. The van der Waals surface area contributed by atoms with Crippen LogP contribution in [0.3, 0.4) is 0 Å². The van der Waals surface area contributed by atoms with E-state index in [1.807, 2.05) is 0 Å². The van der Waals surface area contributed by atoms with E-state index in [2.05, 4.69) is 21.1 Å². The van der Waals surface area contributed by atoms with Gasteiger partial charge in [-0.1, -0.05) is 15.9 Å². The van der Waals surface area contributed by atoms with Crippen LogP contribution < -0.4 is 4.74 Å². The highest BCUT2D eigenvalue weighted by molar-refractivity contribution is 9.10. The monoisotopic (exact) mass is 281 g/mol. The number of aromatic nitrogens is 1. The van der Waals surface area contributed by atoms with Crippen LogP contribution in [-0.2, 0) is 0 Å². The maximum Gasteiger partial charge on any atom is 0.344 e. The Morgan fingerprint density at radius 1 is 1.38 bits per heavy atom. The second kappa shape index (κ2) is 4.49. The highest BCUT2D eigenvalue weighted by Crippen LogP contribution is 2.14. The van der Waals surface area contributed by atoms with Gasteiger partial charge in [-0.3, -0.25) is 0 Å². The van der Waals surface area contributed by atoms with Gasteiger partial charge in [0.2, 0.25) is 0 Å². The molecular weight excluding hydrogens is 274 g/mol. The second-order valence-corrected chi connectivity index (χ2v) is 4.09. The fourth-order valence-electron chi connectivity index (χ4n) is 1.13. The van der Waals surface area contributed by atoms with Crippen LogP contribution in [-0.4, -0.2) is 11.1 Å². The molecule has 1 aromatic carbocycles. The Balaban J connectivity index is 2.11. The molecule has 0 radical (unpaired) electrons. The van der Waals surface area contributed by atoms with E-state index < -0.39 is 5.97 Å². The summed E-state index contributed by atoms with van der Waals surface area (Å²) in [5.41, 5.74) is 0.462. The Labute approximate surface area is 100 Å². The van der Waals surface area contributed by atoms with Crippen molar-refractivity contribution < 1.29 is 14.1 Å². The summed E-state index contributed by atoms with van der Waals surface area (Å²) in [6.45, 7) is 1.73. The Bertz CT molecular complexity index is 504. The molecule has 4 nitrogen and oxygen atoms in total. The maximum atomic E-state index is 11.6. The minimum absolute atomic E-state index is 0.172. The van der Waals surface area contributed by atoms with Crippen LogP contribution in [0, 0.1) is 6.92 Å². The molecule has 16 heavy (non-hydrogen) atoms. The molecule has 0 amide bonds. The summed E-state index contributed by atoms with van der Waals surface area (Å²) in [5.74, 6) is 0.310. The zero-order valence-corrected chi connectivity index (χ0v) is 10.0. The molecule has 0 aliphatic heterocycles. The second-order valence-electron chi connectivity index (χ2n) is 3.17. The van der Waals surface area contributed by atoms with Crippen molar-refractivity contribution in [1.82, 2.24) is 5.16 Å². The van der Waals surface area contributed by atoms with Gasteiger partial charge in [-0.05, 0) is 36.3 Å². The van der Waals surface area contributed by atoms with Crippen LogP contribution in [0.2, 0.25) is 0 Å². The average molecular weight is 282 g/mol. The molecule has 0 atom stereocenters. The summed E-state index contributed by atoms with van der Waals surface area (Å²) in [6, 6.07) is 8.42. The van der Waals surface area contributed by atoms with Crippen molar-refractivity contribution in [3.63, 3.8) is 0 Å². The van der Waals surface area contributed by atoms with Gasteiger partial charge in [-0.25, -0.2) is 4.79 Å². The minimum Gasteiger partial charge on any atom is -0.400 e. The lowest BCUT2D eigenvalue weighted by Gasteiger charge is -1.99. The summed E-state index contributed by atoms with van der Waals surface area (Å²) >= 11 is 3.29. The van der Waals surface area contributed by atoms with Crippen molar-refractivity contribution in [3.05, 3.63) is 46.1 Å². The van der Waals surface area contributed by atoms with Crippen molar-refractivity contribution >= 4 is 21.9 Å². The molecule has 0 saturated carbocycles. The fraction of sp³-hybridized carbons (Fsp3) is 0.0909. The molecule has 5 heteroatoms. The summed E-state index contributed by atoms with van der Waals surface area (Å²) in [7, 11) is 0. The van der Waals surface area contributed by atoms with E-state index in [4.69, 9.17) is 9.26 Å². The molecule has 0 N–H and O–H groups in total. The molecule has 0 aliphatic carbocycles. The Morgan fingerprint density at radius 2 is 2.06 bits per heavy atom. The van der Waals surface area contributed by atoms with E-state index in [1.165, 1.54) is 0 Å². The van der Waals surface area contributed by atoms with Crippen LogP contribution in [0.5, 0.6) is 5.88 Å². The van der Waals surface area contributed by atoms with E-state index in [1.54, 1.807) is 37.3 Å². The summed E-state index contributed by atoms with van der Waals surface area (Å²) in [6.07, 6.45) is 0. The van der Waals surface area contributed by atoms with Gasteiger partial charge in [0, 0.05) is 10.5 Å². The first-order valence-corrected chi connectivity index (χ1v) is 5.35. The number of ether oxygens (including phenoxy) is 1. The SMILES string of the molecule is Cc1cc(OC(=O)c2ccc(Br)cc2)no1. The molecule has 0 saturated heterocycles.